The van der Waals surface area contributed by atoms with Crippen LogP contribution in [0.25, 0.3) is 16.8 Å². The van der Waals surface area contributed by atoms with Crippen LogP contribution in [-0.4, -0.2) is 65.0 Å². The minimum absolute atomic E-state index is 0.239. The van der Waals surface area contributed by atoms with Crippen LogP contribution in [0.1, 0.15) is 34.3 Å². The van der Waals surface area contributed by atoms with Crippen LogP contribution in [0.5, 0.6) is 5.75 Å². The highest BCUT2D eigenvalue weighted by molar-refractivity contribution is 6.04. The Kier molecular flexibility index (Phi) is 8.50. The molecule has 1 amide bonds. The van der Waals surface area contributed by atoms with Crippen LogP contribution >= 0.6 is 0 Å². The SMILES string of the molecule is Cc1ccc(NC(=O)c2cccc(C(C)C#N)c2)cc1-n1cc(-c2cnccc2OCCN2CCOCC2)cn1. The predicted octanol–water partition coefficient (Wildman–Crippen LogP) is 4.83. The number of nitrogens with zero attached hydrogens (tertiary/aromatic N) is 5. The molecule has 9 nitrogen and oxygen atoms in total. The molecule has 2 aromatic heterocycles. The topological polar surface area (TPSA) is 105 Å². The average Bonchev–Trinajstić information content (AvgIpc) is 3.48. The number of carbonyl (C=O) groups excluding carboxylic acids is 1. The molecule has 3 heterocycles. The van der Waals surface area contributed by atoms with Crippen molar-refractivity contribution in [3.05, 3.63) is 90.0 Å². The third-order valence-electron chi connectivity index (χ3n) is 7.00. The molecule has 1 N–H and O–H groups in total. The molecule has 1 aliphatic rings. The molecule has 1 saturated heterocycles. The van der Waals surface area contributed by atoms with Crippen LogP contribution in [0.3, 0.4) is 0 Å². The number of benzene rings is 2. The van der Waals surface area contributed by atoms with Crippen molar-refractivity contribution < 1.29 is 14.3 Å². The van der Waals surface area contributed by atoms with Gasteiger partial charge in [-0.25, -0.2) is 4.68 Å². The zero-order valence-electron chi connectivity index (χ0n) is 22.7. The van der Waals surface area contributed by atoms with Crippen molar-refractivity contribution in [1.82, 2.24) is 19.7 Å². The zero-order chi connectivity index (χ0) is 27.9. The Morgan fingerprint density at radius 2 is 2.02 bits per heavy atom. The molecular weight excluding hydrogens is 504 g/mol. The molecule has 0 bridgehead atoms. The molecular formula is C31H32N6O3. The van der Waals surface area contributed by atoms with Crippen LogP contribution in [0, 0.1) is 18.3 Å². The Hall–Kier alpha value is -4.52. The number of pyridine rings is 1. The summed E-state index contributed by atoms with van der Waals surface area (Å²) in [5.41, 5.74) is 5.55. The zero-order valence-corrected chi connectivity index (χ0v) is 22.7. The van der Waals surface area contributed by atoms with Crippen molar-refractivity contribution in [2.24, 2.45) is 0 Å². The quantitative estimate of drug-likeness (QED) is 0.327. The number of hydrogen-bond donors (Lipinski definition) is 1. The number of rotatable bonds is 9. The Morgan fingerprint density at radius 3 is 2.85 bits per heavy atom. The highest BCUT2D eigenvalue weighted by atomic mass is 16.5. The molecule has 0 saturated carbocycles. The lowest BCUT2D eigenvalue weighted by atomic mass is 10.0. The maximum absolute atomic E-state index is 13.0. The number of nitriles is 1. The molecule has 1 atom stereocenters. The van der Waals surface area contributed by atoms with E-state index in [1.54, 1.807) is 41.5 Å². The molecule has 1 fully saturated rings. The lowest BCUT2D eigenvalue weighted by molar-refractivity contribution is 0.0323. The van der Waals surface area contributed by atoms with Crippen molar-refractivity contribution in [2.75, 3.05) is 44.8 Å². The van der Waals surface area contributed by atoms with Crippen molar-refractivity contribution in [3.8, 4) is 28.6 Å². The summed E-state index contributed by atoms with van der Waals surface area (Å²) >= 11 is 0. The summed E-state index contributed by atoms with van der Waals surface area (Å²) in [5.74, 6) is 0.230. The molecule has 5 rings (SSSR count). The van der Waals surface area contributed by atoms with Crippen LogP contribution < -0.4 is 10.1 Å². The minimum Gasteiger partial charge on any atom is -0.491 e. The summed E-state index contributed by atoms with van der Waals surface area (Å²) < 4.78 is 13.4. The van der Waals surface area contributed by atoms with E-state index in [4.69, 9.17) is 9.47 Å². The first-order valence-electron chi connectivity index (χ1n) is 13.4. The Balaban J connectivity index is 1.31. The normalized spacial score (nSPS) is 14.3. The molecule has 0 spiro atoms. The van der Waals surface area contributed by atoms with Crippen LogP contribution in [-0.2, 0) is 4.74 Å². The standard InChI is InChI=1S/C31H32N6O3/c1-22-6-7-27(35-31(38)25-5-3-4-24(16-25)23(2)18-32)17-29(22)37-21-26(19-34-37)28-20-33-9-8-30(28)40-15-12-36-10-13-39-14-11-36/h3-9,16-17,19-21,23H,10-15H2,1-2H3,(H,35,38). The minimum atomic E-state index is -0.289. The van der Waals surface area contributed by atoms with Gasteiger partial charge in [0.2, 0.25) is 0 Å². The average molecular weight is 537 g/mol. The summed E-state index contributed by atoms with van der Waals surface area (Å²) in [7, 11) is 0. The highest BCUT2D eigenvalue weighted by Gasteiger charge is 2.15. The van der Waals surface area contributed by atoms with Crippen molar-refractivity contribution in [3.63, 3.8) is 0 Å². The number of hydrogen-bond acceptors (Lipinski definition) is 7. The number of aromatic nitrogens is 3. The van der Waals surface area contributed by atoms with E-state index >= 15 is 0 Å². The van der Waals surface area contributed by atoms with E-state index in [9.17, 15) is 10.1 Å². The number of anilines is 1. The van der Waals surface area contributed by atoms with Gasteiger partial charge in [-0.15, -0.1) is 0 Å². The maximum atomic E-state index is 13.0. The highest BCUT2D eigenvalue weighted by Crippen LogP contribution is 2.30. The van der Waals surface area contributed by atoms with Crippen LogP contribution in [0.2, 0.25) is 0 Å². The Bertz CT molecular complexity index is 1520. The summed E-state index contributed by atoms with van der Waals surface area (Å²) in [6.07, 6.45) is 7.24. The molecule has 1 aliphatic heterocycles. The smallest absolute Gasteiger partial charge is 0.255 e. The lowest BCUT2D eigenvalue weighted by Crippen LogP contribution is -2.38. The number of morpholine rings is 1. The molecule has 9 heteroatoms. The van der Waals surface area contributed by atoms with Gasteiger partial charge in [0.15, 0.2) is 0 Å². The lowest BCUT2D eigenvalue weighted by Gasteiger charge is -2.26. The van der Waals surface area contributed by atoms with E-state index in [1.807, 2.05) is 50.4 Å². The van der Waals surface area contributed by atoms with Gasteiger partial charge >= 0.3 is 0 Å². The molecule has 0 radical (unpaired) electrons. The van der Waals surface area contributed by atoms with Crippen molar-refractivity contribution in [1.29, 1.82) is 5.26 Å². The Labute approximate surface area is 234 Å². The van der Waals surface area contributed by atoms with Gasteiger partial charge in [-0.1, -0.05) is 18.2 Å². The number of carbonyl (C=O) groups is 1. The fraction of sp³-hybridized carbons (Fsp3) is 0.290. The van der Waals surface area contributed by atoms with Crippen LogP contribution in [0.4, 0.5) is 5.69 Å². The third-order valence-corrected chi connectivity index (χ3v) is 7.00. The van der Waals surface area contributed by atoms with Gasteiger partial charge in [-0.3, -0.25) is 14.7 Å². The first kappa shape index (κ1) is 27.1. The molecule has 4 aromatic rings. The second kappa shape index (κ2) is 12.6. The van der Waals surface area contributed by atoms with Gasteiger partial charge in [-0.05, 0) is 55.3 Å². The number of ether oxygens (including phenoxy) is 2. The number of amides is 1. The Morgan fingerprint density at radius 1 is 1.18 bits per heavy atom. The fourth-order valence-electron chi connectivity index (χ4n) is 4.59. The van der Waals surface area contributed by atoms with E-state index in [-0.39, 0.29) is 11.8 Å². The van der Waals surface area contributed by atoms with Crippen LogP contribution in [0.15, 0.2) is 73.3 Å². The first-order valence-corrected chi connectivity index (χ1v) is 13.4. The third kappa shape index (κ3) is 6.37. The summed E-state index contributed by atoms with van der Waals surface area (Å²) in [6, 6.07) is 16.9. The number of nitrogens with one attached hydrogen (secondary N) is 1. The van der Waals surface area contributed by atoms with Gasteiger partial charge in [0.05, 0.1) is 37.1 Å². The van der Waals surface area contributed by atoms with E-state index in [2.05, 4.69) is 26.4 Å². The van der Waals surface area contributed by atoms with E-state index in [1.165, 1.54) is 0 Å². The second-order valence-corrected chi connectivity index (χ2v) is 9.78. The van der Waals surface area contributed by atoms with Gasteiger partial charge in [-0.2, -0.15) is 10.4 Å². The van der Waals surface area contributed by atoms with Crippen molar-refractivity contribution in [2.45, 2.75) is 19.8 Å². The monoisotopic (exact) mass is 536 g/mol. The van der Waals surface area contributed by atoms with E-state index < -0.39 is 0 Å². The first-order chi connectivity index (χ1) is 19.5. The summed E-state index contributed by atoms with van der Waals surface area (Å²) in [4.78, 5) is 19.6. The van der Waals surface area contributed by atoms with E-state index in [0.29, 0.717) is 17.9 Å². The fourth-order valence-corrected chi connectivity index (χ4v) is 4.59. The number of aryl methyl sites for hydroxylation is 1. The van der Waals surface area contributed by atoms with E-state index in [0.717, 1.165) is 66.5 Å². The molecule has 40 heavy (non-hydrogen) atoms. The maximum Gasteiger partial charge on any atom is 0.255 e. The van der Waals surface area contributed by atoms with Gasteiger partial charge in [0.1, 0.15) is 12.4 Å². The molecule has 0 aliphatic carbocycles. The summed E-state index contributed by atoms with van der Waals surface area (Å²) in [6.45, 7) is 8.59. The van der Waals surface area contributed by atoms with Gasteiger partial charge in [0.25, 0.3) is 5.91 Å². The molecule has 1 unspecified atom stereocenters. The second-order valence-electron chi connectivity index (χ2n) is 9.78. The molecule has 204 valence electrons. The van der Waals surface area contributed by atoms with Gasteiger partial charge in [0, 0.05) is 60.6 Å². The van der Waals surface area contributed by atoms with Crippen molar-refractivity contribution >= 4 is 11.6 Å². The predicted molar refractivity (Wildman–Crippen MR) is 153 cm³/mol. The summed E-state index contributed by atoms with van der Waals surface area (Å²) in [5, 5.41) is 16.8. The molecule has 2 aromatic carbocycles. The largest absolute Gasteiger partial charge is 0.491 e. The van der Waals surface area contributed by atoms with Gasteiger partial charge < -0.3 is 14.8 Å².